The average Bonchev–Trinajstić information content (AvgIpc) is 2.37. The van der Waals surface area contributed by atoms with E-state index in [1.165, 1.54) is 5.39 Å². The molecule has 2 rings (SSSR count). The summed E-state index contributed by atoms with van der Waals surface area (Å²) in [7, 11) is 0. The van der Waals surface area contributed by atoms with Crippen molar-refractivity contribution in [2.45, 2.75) is 25.8 Å². The number of amides is 1. The summed E-state index contributed by atoms with van der Waals surface area (Å²) in [6, 6.07) is 14.2. The lowest BCUT2D eigenvalue weighted by molar-refractivity contribution is -0.120. The first-order valence-corrected chi connectivity index (χ1v) is 7.01. The molecule has 0 fully saturated rings. The van der Waals surface area contributed by atoms with Crippen LogP contribution in [0.3, 0.4) is 0 Å². The largest absolute Gasteiger partial charge is 0.393 e. The molecule has 0 aromatic heterocycles. The second-order valence-corrected chi connectivity index (χ2v) is 5.52. The Bertz CT molecular complexity index is 639. The summed E-state index contributed by atoms with van der Waals surface area (Å²) in [4.78, 5) is 12.4. The molecule has 0 bridgehead atoms. The second-order valence-electron chi connectivity index (χ2n) is 5.00. The van der Waals surface area contributed by atoms with Gasteiger partial charge in [0.15, 0.2) is 0 Å². The van der Waals surface area contributed by atoms with E-state index >= 15 is 0 Å². The highest BCUT2D eigenvalue weighted by atomic mass is 32.1. The van der Waals surface area contributed by atoms with Gasteiger partial charge in [-0.1, -0.05) is 54.7 Å². The highest BCUT2D eigenvalue weighted by Crippen LogP contribution is 2.15. The first-order valence-electron chi connectivity index (χ1n) is 6.60. The lowest BCUT2D eigenvalue weighted by Gasteiger charge is -2.13. The maximum absolute atomic E-state index is 11.9. The third kappa shape index (κ3) is 4.03. The monoisotopic (exact) mass is 286 g/mol. The molecule has 0 heterocycles. The average molecular weight is 286 g/mol. The minimum Gasteiger partial charge on any atom is -0.393 e. The number of hydrogen-bond donors (Lipinski definition) is 2. The molecular formula is C16H18N2OS. The summed E-state index contributed by atoms with van der Waals surface area (Å²) in [6.07, 6.45) is 0.894. The van der Waals surface area contributed by atoms with E-state index in [1.807, 2.05) is 43.3 Å². The third-order valence-electron chi connectivity index (χ3n) is 3.09. The molecule has 1 atom stereocenters. The molecule has 0 aliphatic heterocycles. The highest BCUT2D eigenvalue weighted by molar-refractivity contribution is 7.80. The number of fused-ring (bicyclic) bond motifs is 1. The Morgan fingerprint density at radius 1 is 1.25 bits per heavy atom. The smallest absolute Gasteiger partial charge is 0.224 e. The van der Waals surface area contributed by atoms with Crippen LogP contribution in [0.4, 0.5) is 0 Å². The summed E-state index contributed by atoms with van der Waals surface area (Å²) in [5.41, 5.74) is 6.47. The number of hydrogen-bond acceptors (Lipinski definition) is 2. The molecule has 20 heavy (non-hydrogen) atoms. The van der Waals surface area contributed by atoms with Crippen molar-refractivity contribution < 1.29 is 4.79 Å². The van der Waals surface area contributed by atoms with E-state index in [9.17, 15) is 4.79 Å². The van der Waals surface area contributed by atoms with Crippen molar-refractivity contribution in [1.82, 2.24) is 5.32 Å². The van der Waals surface area contributed by atoms with Crippen molar-refractivity contribution in [2.24, 2.45) is 5.73 Å². The van der Waals surface area contributed by atoms with Gasteiger partial charge in [-0.3, -0.25) is 4.79 Å². The molecule has 0 radical (unpaired) electrons. The lowest BCUT2D eigenvalue weighted by Crippen LogP contribution is -2.36. The van der Waals surface area contributed by atoms with Gasteiger partial charge in [-0.25, -0.2) is 0 Å². The van der Waals surface area contributed by atoms with E-state index < -0.39 is 0 Å². The fourth-order valence-corrected chi connectivity index (χ4v) is 2.46. The van der Waals surface area contributed by atoms with Crippen LogP contribution in [-0.4, -0.2) is 16.9 Å². The fraction of sp³-hybridized carbons (Fsp3) is 0.250. The molecule has 2 aromatic rings. The van der Waals surface area contributed by atoms with Gasteiger partial charge in [0.1, 0.15) is 0 Å². The predicted octanol–water partition coefficient (Wildman–Crippen LogP) is 2.56. The minimum atomic E-state index is -0.0274. The minimum absolute atomic E-state index is 0.0102. The number of benzene rings is 2. The van der Waals surface area contributed by atoms with Crippen molar-refractivity contribution in [3.8, 4) is 0 Å². The normalized spacial score (nSPS) is 12.1. The summed E-state index contributed by atoms with van der Waals surface area (Å²) in [5.74, 6) is -0.0102. The number of nitrogens with one attached hydrogen (secondary N) is 1. The van der Waals surface area contributed by atoms with Crippen molar-refractivity contribution in [3.63, 3.8) is 0 Å². The van der Waals surface area contributed by atoms with Crippen LogP contribution in [0.15, 0.2) is 42.5 Å². The van der Waals surface area contributed by atoms with Gasteiger partial charge < -0.3 is 11.1 Å². The molecule has 1 unspecified atom stereocenters. The zero-order valence-corrected chi connectivity index (χ0v) is 12.2. The Balaban J connectivity index is 2.00. The van der Waals surface area contributed by atoms with Crippen molar-refractivity contribution in [2.75, 3.05) is 0 Å². The molecule has 1 amide bonds. The molecule has 0 aliphatic carbocycles. The molecule has 0 saturated heterocycles. The number of rotatable bonds is 5. The summed E-state index contributed by atoms with van der Waals surface area (Å²) < 4.78 is 0. The van der Waals surface area contributed by atoms with E-state index in [0.29, 0.717) is 17.8 Å². The Labute approximate surface area is 124 Å². The van der Waals surface area contributed by atoms with Gasteiger partial charge in [0.05, 0.1) is 11.4 Å². The molecule has 104 valence electrons. The molecule has 0 saturated carbocycles. The molecule has 0 spiro atoms. The van der Waals surface area contributed by atoms with Crippen LogP contribution in [0, 0.1) is 0 Å². The molecule has 0 aliphatic rings. The van der Waals surface area contributed by atoms with Gasteiger partial charge in [-0.05, 0) is 23.3 Å². The van der Waals surface area contributed by atoms with E-state index in [0.717, 1.165) is 10.9 Å². The molecule has 4 heteroatoms. The predicted molar refractivity (Wildman–Crippen MR) is 86.7 cm³/mol. The Hall–Kier alpha value is -1.94. The van der Waals surface area contributed by atoms with Crippen molar-refractivity contribution in [3.05, 3.63) is 48.0 Å². The number of carbonyl (C=O) groups is 1. The van der Waals surface area contributed by atoms with Crippen molar-refractivity contribution >= 4 is 33.9 Å². The van der Waals surface area contributed by atoms with Crippen LogP contribution in [0.1, 0.15) is 18.9 Å². The maximum Gasteiger partial charge on any atom is 0.224 e. The van der Waals surface area contributed by atoms with Gasteiger partial charge in [-0.2, -0.15) is 0 Å². The van der Waals surface area contributed by atoms with Crippen LogP contribution in [0.25, 0.3) is 10.8 Å². The van der Waals surface area contributed by atoms with Gasteiger partial charge in [0.2, 0.25) is 5.91 Å². The van der Waals surface area contributed by atoms with E-state index in [-0.39, 0.29) is 11.9 Å². The standard InChI is InChI=1S/C16H18N2OS/c1-11(8-15(17)20)18-16(19)10-12-6-7-13-4-2-3-5-14(13)9-12/h2-7,9,11H,8,10H2,1H3,(H2,17,20)(H,18,19). The van der Waals surface area contributed by atoms with Crippen LogP contribution >= 0.6 is 12.2 Å². The first-order chi connectivity index (χ1) is 9.54. The Morgan fingerprint density at radius 3 is 2.65 bits per heavy atom. The summed E-state index contributed by atoms with van der Waals surface area (Å²) in [6.45, 7) is 1.90. The zero-order valence-electron chi connectivity index (χ0n) is 11.4. The second kappa shape index (κ2) is 6.48. The fourth-order valence-electron chi connectivity index (χ4n) is 2.21. The van der Waals surface area contributed by atoms with Crippen LogP contribution in [-0.2, 0) is 11.2 Å². The molecule has 3 nitrogen and oxygen atoms in total. The van der Waals surface area contributed by atoms with E-state index in [1.54, 1.807) is 0 Å². The zero-order chi connectivity index (χ0) is 14.5. The lowest BCUT2D eigenvalue weighted by atomic mass is 10.0. The van der Waals surface area contributed by atoms with Gasteiger partial charge in [-0.15, -0.1) is 0 Å². The van der Waals surface area contributed by atoms with E-state index in [4.69, 9.17) is 18.0 Å². The third-order valence-corrected chi connectivity index (χ3v) is 3.26. The first kappa shape index (κ1) is 14.5. The highest BCUT2D eigenvalue weighted by Gasteiger charge is 2.09. The summed E-state index contributed by atoms with van der Waals surface area (Å²) >= 11 is 4.83. The number of nitrogens with two attached hydrogens (primary N) is 1. The Kier molecular flexibility index (Phi) is 4.69. The summed E-state index contributed by atoms with van der Waals surface area (Å²) in [5, 5.41) is 5.23. The Morgan fingerprint density at radius 2 is 1.95 bits per heavy atom. The van der Waals surface area contributed by atoms with Gasteiger partial charge in [0.25, 0.3) is 0 Å². The van der Waals surface area contributed by atoms with Crippen LogP contribution < -0.4 is 11.1 Å². The van der Waals surface area contributed by atoms with Crippen LogP contribution in [0.2, 0.25) is 0 Å². The molecule has 3 N–H and O–H groups in total. The van der Waals surface area contributed by atoms with E-state index in [2.05, 4.69) is 11.4 Å². The topological polar surface area (TPSA) is 55.1 Å². The van der Waals surface area contributed by atoms with Crippen molar-refractivity contribution in [1.29, 1.82) is 0 Å². The quantitative estimate of drug-likeness (QED) is 0.831. The van der Waals surface area contributed by atoms with Crippen LogP contribution in [0.5, 0.6) is 0 Å². The SMILES string of the molecule is CC(CC(N)=S)NC(=O)Cc1ccc2ccccc2c1. The molecule has 2 aromatic carbocycles. The number of carbonyl (C=O) groups excluding carboxylic acids is 1. The van der Waals surface area contributed by atoms with Gasteiger partial charge in [0, 0.05) is 12.5 Å². The number of thiocarbonyl (C=S) groups is 1. The van der Waals surface area contributed by atoms with Gasteiger partial charge >= 0.3 is 0 Å². The maximum atomic E-state index is 11.9. The molecular weight excluding hydrogens is 268 g/mol.